The molecule has 0 amide bonds. The molecule has 19 heavy (non-hydrogen) atoms. The number of rotatable bonds is 3. The monoisotopic (exact) mass is 296 g/mol. The van der Waals surface area contributed by atoms with E-state index < -0.39 is 5.97 Å². The molecule has 0 saturated carbocycles. The van der Waals surface area contributed by atoms with Crippen molar-refractivity contribution in [3.05, 3.63) is 46.1 Å². The Morgan fingerprint density at radius 3 is 2.74 bits per heavy atom. The molecule has 98 valence electrons. The van der Waals surface area contributed by atoms with Crippen LogP contribution in [0.3, 0.4) is 0 Å². The number of aromatic nitrogens is 1. The number of carboxylic acid groups (broad SMARTS) is 1. The average molecular weight is 297 g/mol. The topological polar surface area (TPSA) is 76.2 Å². The molecule has 0 bridgehead atoms. The summed E-state index contributed by atoms with van der Waals surface area (Å²) in [4.78, 5) is 14.8. The molecule has 0 spiro atoms. The van der Waals surface area contributed by atoms with Crippen molar-refractivity contribution >= 4 is 34.9 Å². The van der Waals surface area contributed by atoms with Gasteiger partial charge in [0.1, 0.15) is 0 Å². The minimum atomic E-state index is -0.935. The third-order valence-electron chi connectivity index (χ3n) is 2.54. The first-order chi connectivity index (χ1) is 8.99. The van der Waals surface area contributed by atoms with E-state index >= 15 is 0 Å². The van der Waals surface area contributed by atoms with Crippen molar-refractivity contribution in [3.63, 3.8) is 0 Å². The maximum atomic E-state index is 10.6. The first-order valence-corrected chi connectivity index (χ1v) is 6.15. The molecule has 2 aromatic rings. The third kappa shape index (κ3) is 2.97. The molecule has 3 N–H and O–H groups in total. The summed E-state index contributed by atoms with van der Waals surface area (Å²) >= 11 is 12.0. The molecule has 0 saturated heterocycles. The first-order valence-electron chi connectivity index (χ1n) is 5.39. The summed E-state index contributed by atoms with van der Waals surface area (Å²) < 4.78 is 0. The van der Waals surface area contributed by atoms with E-state index in [4.69, 9.17) is 34.0 Å². The molecule has 6 heteroatoms. The van der Waals surface area contributed by atoms with Crippen molar-refractivity contribution in [2.45, 2.75) is 6.42 Å². The lowest BCUT2D eigenvalue weighted by atomic mass is 10.1. The number of halogens is 2. The van der Waals surface area contributed by atoms with E-state index in [0.29, 0.717) is 32.6 Å². The standard InChI is InChI=1S/C13H10Cl2N2O2/c14-9-3-1-2-8(12(9)15)13-10(16)4-7(6-17-13)5-11(18)19/h1-4,6H,5,16H2,(H,18,19). The van der Waals surface area contributed by atoms with Gasteiger partial charge < -0.3 is 10.8 Å². The van der Waals surface area contributed by atoms with Gasteiger partial charge in [0.25, 0.3) is 0 Å². The van der Waals surface area contributed by atoms with E-state index in [9.17, 15) is 4.79 Å². The molecule has 0 unspecified atom stereocenters. The molecule has 1 heterocycles. The van der Waals surface area contributed by atoms with Crippen LogP contribution in [0.25, 0.3) is 11.3 Å². The number of carbonyl (C=O) groups is 1. The average Bonchev–Trinajstić information content (AvgIpc) is 2.33. The van der Waals surface area contributed by atoms with Crippen molar-refractivity contribution in [2.24, 2.45) is 0 Å². The summed E-state index contributed by atoms with van der Waals surface area (Å²) in [6.07, 6.45) is 1.35. The molecule has 2 rings (SSSR count). The molecule has 0 aliphatic carbocycles. The van der Waals surface area contributed by atoms with Crippen molar-refractivity contribution in [1.82, 2.24) is 4.98 Å². The smallest absolute Gasteiger partial charge is 0.307 e. The minimum absolute atomic E-state index is 0.124. The third-order valence-corrected chi connectivity index (χ3v) is 3.35. The fourth-order valence-corrected chi connectivity index (χ4v) is 2.10. The fourth-order valence-electron chi connectivity index (χ4n) is 1.71. The van der Waals surface area contributed by atoms with Crippen molar-refractivity contribution in [3.8, 4) is 11.3 Å². The summed E-state index contributed by atoms with van der Waals surface area (Å²) in [6.45, 7) is 0. The second kappa shape index (κ2) is 5.47. The Morgan fingerprint density at radius 2 is 2.11 bits per heavy atom. The van der Waals surface area contributed by atoms with Gasteiger partial charge in [0.2, 0.25) is 0 Å². The Morgan fingerprint density at radius 1 is 1.37 bits per heavy atom. The molecular formula is C13H10Cl2N2O2. The van der Waals surface area contributed by atoms with Gasteiger partial charge in [-0.15, -0.1) is 0 Å². The van der Waals surface area contributed by atoms with Crippen LogP contribution >= 0.6 is 23.2 Å². The Balaban J connectivity index is 2.46. The molecule has 1 aromatic carbocycles. The van der Waals surface area contributed by atoms with E-state index in [1.165, 1.54) is 6.20 Å². The highest BCUT2D eigenvalue weighted by molar-refractivity contribution is 6.43. The van der Waals surface area contributed by atoms with Crippen LogP contribution in [0.2, 0.25) is 10.0 Å². The van der Waals surface area contributed by atoms with Gasteiger partial charge >= 0.3 is 5.97 Å². The lowest BCUT2D eigenvalue weighted by molar-refractivity contribution is -0.136. The van der Waals surface area contributed by atoms with E-state index in [-0.39, 0.29) is 6.42 Å². The number of aliphatic carboxylic acids is 1. The van der Waals surface area contributed by atoms with E-state index in [2.05, 4.69) is 4.98 Å². The number of carboxylic acids is 1. The van der Waals surface area contributed by atoms with Gasteiger partial charge in [0.05, 0.1) is 27.8 Å². The maximum Gasteiger partial charge on any atom is 0.307 e. The SMILES string of the molecule is Nc1cc(CC(=O)O)cnc1-c1cccc(Cl)c1Cl. The van der Waals surface area contributed by atoms with Gasteiger partial charge in [-0.1, -0.05) is 35.3 Å². The van der Waals surface area contributed by atoms with Crippen molar-refractivity contribution < 1.29 is 9.90 Å². The Kier molecular flexibility index (Phi) is 3.93. The zero-order chi connectivity index (χ0) is 14.0. The highest BCUT2D eigenvalue weighted by Crippen LogP contribution is 2.35. The van der Waals surface area contributed by atoms with E-state index in [1.54, 1.807) is 24.3 Å². The number of benzene rings is 1. The van der Waals surface area contributed by atoms with Crippen LogP contribution in [0.5, 0.6) is 0 Å². The zero-order valence-electron chi connectivity index (χ0n) is 9.73. The van der Waals surface area contributed by atoms with Gasteiger partial charge in [0.15, 0.2) is 0 Å². The van der Waals surface area contributed by atoms with Crippen LogP contribution in [0, 0.1) is 0 Å². The van der Waals surface area contributed by atoms with Crippen molar-refractivity contribution in [2.75, 3.05) is 5.73 Å². The van der Waals surface area contributed by atoms with Crippen LogP contribution in [0.4, 0.5) is 5.69 Å². The lowest BCUT2D eigenvalue weighted by Crippen LogP contribution is -2.03. The Bertz CT molecular complexity index is 645. The summed E-state index contributed by atoms with van der Waals surface area (Å²) in [5.41, 5.74) is 7.90. The van der Waals surface area contributed by atoms with Gasteiger partial charge in [-0.25, -0.2) is 0 Å². The van der Waals surface area contributed by atoms with E-state index in [1.807, 2.05) is 0 Å². The number of hydrogen-bond donors (Lipinski definition) is 2. The van der Waals surface area contributed by atoms with Gasteiger partial charge in [-0.3, -0.25) is 9.78 Å². The number of nitrogens with two attached hydrogens (primary N) is 1. The van der Waals surface area contributed by atoms with Crippen LogP contribution in [0.1, 0.15) is 5.56 Å². The summed E-state index contributed by atoms with van der Waals surface area (Å²) in [5, 5.41) is 9.50. The second-order valence-corrected chi connectivity index (χ2v) is 4.74. The molecule has 4 nitrogen and oxygen atoms in total. The summed E-state index contributed by atoms with van der Waals surface area (Å²) in [5.74, 6) is -0.935. The number of hydrogen-bond acceptors (Lipinski definition) is 3. The highest BCUT2D eigenvalue weighted by Gasteiger charge is 2.12. The molecule has 0 fully saturated rings. The number of nitrogens with zero attached hydrogens (tertiary/aromatic N) is 1. The maximum absolute atomic E-state index is 10.6. The summed E-state index contributed by atoms with van der Waals surface area (Å²) in [6, 6.07) is 6.75. The molecule has 0 radical (unpaired) electrons. The predicted octanol–water partition coefficient (Wildman–Crippen LogP) is 3.26. The predicted molar refractivity (Wildman–Crippen MR) is 75.4 cm³/mol. The van der Waals surface area contributed by atoms with Crippen LogP contribution in [-0.4, -0.2) is 16.1 Å². The fraction of sp³-hybridized carbons (Fsp3) is 0.0769. The largest absolute Gasteiger partial charge is 0.481 e. The second-order valence-electron chi connectivity index (χ2n) is 3.95. The molecule has 1 aromatic heterocycles. The normalized spacial score (nSPS) is 10.4. The number of nitrogen functional groups attached to an aromatic ring is 1. The lowest BCUT2D eigenvalue weighted by Gasteiger charge is -2.09. The van der Waals surface area contributed by atoms with Crippen molar-refractivity contribution in [1.29, 1.82) is 0 Å². The Labute approximate surface area is 119 Å². The quantitative estimate of drug-likeness (QED) is 0.911. The van der Waals surface area contributed by atoms with Gasteiger partial charge in [-0.2, -0.15) is 0 Å². The number of anilines is 1. The van der Waals surface area contributed by atoms with Crippen LogP contribution < -0.4 is 5.73 Å². The van der Waals surface area contributed by atoms with Gasteiger partial charge in [-0.05, 0) is 17.7 Å². The highest BCUT2D eigenvalue weighted by atomic mass is 35.5. The Hall–Kier alpha value is -1.78. The molecule has 0 aliphatic rings. The molecular weight excluding hydrogens is 287 g/mol. The van der Waals surface area contributed by atoms with Crippen LogP contribution in [-0.2, 0) is 11.2 Å². The zero-order valence-corrected chi connectivity index (χ0v) is 11.2. The minimum Gasteiger partial charge on any atom is -0.481 e. The molecule has 0 aliphatic heterocycles. The summed E-state index contributed by atoms with van der Waals surface area (Å²) in [7, 11) is 0. The number of pyridine rings is 1. The van der Waals surface area contributed by atoms with E-state index in [0.717, 1.165) is 0 Å². The van der Waals surface area contributed by atoms with Gasteiger partial charge in [0, 0.05) is 11.8 Å². The first kappa shape index (κ1) is 13.6. The molecule has 0 atom stereocenters. The van der Waals surface area contributed by atoms with Crippen LogP contribution in [0.15, 0.2) is 30.5 Å².